The minimum absolute atomic E-state index is 0.165. The largest absolute Gasteiger partial charge is 0.422 e. The molecule has 0 aliphatic carbocycles. The van der Waals surface area contributed by atoms with Crippen LogP contribution in [0.1, 0.15) is 15.9 Å². The highest BCUT2D eigenvalue weighted by Gasteiger charge is 2.34. The molecule has 6 heteroatoms. The fraction of sp³-hybridized carbons (Fsp3) is 0.0714. The number of ether oxygens (including phenoxy) is 1. The molecule has 0 fully saturated rings. The minimum Gasteiger partial charge on any atom is -0.422 e. The smallest absolute Gasteiger partial charge is 0.419 e. The Labute approximate surface area is 111 Å². The Balaban J connectivity index is 2.29. The lowest BCUT2D eigenvalue weighted by Gasteiger charge is -2.12. The van der Waals surface area contributed by atoms with Crippen LogP contribution in [0.5, 0.6) is 5.75 Å². The lowest BCUT2D eigenvalue weighted by Crippen LogP contribution is -2.13. The maximum atomic E-state index is 12.9. The second-order valence-corrected chi connectivity index (χ2v) is 3.89. The van der Waals surface area contributed by atoms with Gasteiger partial charge >= 0.3 is 12.1 Å². The average Bonchev–Trinajstić information content (AvgIpc) is 2.38. The number of esters is 1. The van der Waals surface area contributed by atoms with E-state index in [9.17, 15) is 22.4 Å². The van der Waals surface area contributed by atoms with E-state index in [0.717, 1.165) is 24.3 Å². The minimum atomic E-state index is -4.64. The summed E-state index contributed by atoms with van der Waals surface area (Å²) in [7, 11) is 0. The van der Waals surface area contributed by atoms with Gasteiger partial charge in [0.25, 0.3) is 0 Å². The van der Waals surface area contributed by atoms with Crippen molar-refractivity contribution in [3.8, 4) is 5.75 Å². The molecule has 0 aromatic heterocycles. The molecule has 2 nitrogen and oxygen atoms in total. The first-order valence-electron chi connectivity index (χ1n) is 5.52. The lowest BCUT2D eigenvalue weighted by molar-refractivity contribution is -0.138. The third-order valence-corrected chi connectivity index (χ3v) is 2.46. The van der Waals surface area contributed by atoms with Gasteiger partial charge in [-0.25, -0.2) is 9.18 Å². The van der Waals surface area contributed by atoms with Crippen molar-refractivity contribution < 1.29 is 27.1 Å². The molecule has 0 atom stereocenters. The highest BCUT2D eigenvalue weighted by Crippen LogP contribution is 2.36. The molecule has 0 aliphatic heterocycles. The zero-order chi connectivity index (χ0) is 14.8. The highest BCUT2D eigenvalue weighted by atomic mass is 19.4. The molecule has 0 N–H and O–H groups in total. The zero-order valence-electron chi connectivity index (χ0n) is 9.95. The fourth-order valence-corrected chi connectivity index (χ4v) is 1.56. The van der Waals surface area contributed by atoms with Crippen LogP contribution in [0, 0.1) is 5.82 Å². The molecule has 0 radical (unpaired) electrons. The van der Waals surface area contributed by atoms with E-state index < -0.39 is 29.3 Å². The van der Waals surface area contributed by atoms with Crippen LogP contribution in [0.15, 0.2) is 48.5 Å². The molecule has 0 heterocycles. The van der Waals surface area contributed by atoms with Crippen molar-refractivity contribution in [1.82, 2.24) is 0 Å². The summed E-state index contributed by atoms with van der Waals surface area (Å²) >= 11 is 0. The summed E-state index contributed by atoms with van der Waals surface area (Å²) in [6, 6.07) is 8.84. The zero-order valence-corrected chi connectivity index (χ0v) is 9.95. The van der Waals surface area contributed by atoms with Gasteiger partial charge in [0.1, 0.15) is 11.6 Å². The van der Waals surface area contributed by atoms with Gasteiger partial charge in [-0.05, 0) is 30.3 Å². The number of carbonyl (C=O) groups is 1. The molecule has 104 valence electrons. The molecular weight excluding hydrogens is 276 g/mol. The van der Waals surface area contributed by atoms with Crippen molar-refractivity contribution in [3.05, 3.63) is 65.5 Å². The summed E-state index contributed by atoms with van der Waals surface area (Å²) in [5.41, 5.74) is -1.23. The second-order valence-electron chi connectivity index (χ2n) is 3.89. The number of hydrogen-bond donors (Lipinski definition) is 0. The summed E-state index contributed by atoms with van der Waals surface area (Å²) in [5, 5.41) is 0. The van der Waals surface area contributed by atoms with E-state index >= 15 is 0 Å². The number of hydrogen-bond acceptors (Lipinski definition) is 2. The van der Waals surface area contributed by atoms with E-state index in [1.807, 2.05) is 0 Å². The van der Waals surface area contributed by atoms with Crippen LogP contribution < -0.4 is 4.74 Å². The van der Waals surface area contributed by atoms with E-state index in [4.69, 9.17) is 0 Å². The molecule has 0 saturated heterocycles. The molecule has 0 spiro atoms. The summed E-state index contributed by atoms with van der Waals surface area (Å²) < 4.78 is 55.8. The van der Waals surface area contributed by atoms with Gasteiger partial charge in [0.05, 0.1) is 11.1 Å². The van der Waals surface area contributed by atoms with Gasteiger partial charge in [0.2, 0.25) is 0 Å². The van der Waals surface area contributed by atoms with Crippen LogP contribution in [-0.2, 0) is 6.18 Å². The fourth-order valence-electron chi connectivity index (χ4n) is 1.56. The monoisotopic (exact) mass is 284 g/mol. The number of rotatable bonds is 2. The van der Waals surface area contributed by atoms with Crippen molar-refractivity contribution in [3.63, 3.8) is 0 Å². The van der Waals surface area contributed by atoms with Crippen LogP contribution in [0.2, 0.25) is 0 Å². The van der Waals surface area contributed by atoms with Gasteiger partial charge < -0.3 is 4.74 Å². The third kappa shape index (κ3) is 3.14. The number of benzene rings is 2. The SMILES string of the molecule is O=C(Oc1ccccc1C(F)(F)F)c1cccc(F)c1. The molecule has 0 amide bonds. The van der Waals surface area contributed by atoms with Crippen molar-refractivity contribution in [1.29, 1.82) is 0 Å². The Hall–Kier alpha value is -2.37. The molecule has 0 unspecified atom stereocenters. The van der Waals surface area contributed by atoms with Gasteiger partial charge in [0.15, 0.2) is 0 Å². The maximum Gasteiger partial charge on any atom is 0.419 e. The Morgan fingerprint density at radius 1 is 1.00 bits per heavy atom. The maximum absolute atomic E-state index is 12.9. The Bertz CT molecular complexity index is 635. The number of halogens is 4. The van der Waals surface area contributed by atoms with Gasteiger partial charge in [0, 0.05) is 0 Å². The molecule has 0 aliphatic rings. The molecule has 2 rings (SSSR count). The summed E-state index contributed by atoms with van der Waals surface area (Å²) in [6.07, 6.45) is -4.64. The third-order valence-electron chi connectivity index (χ3n) is 2.46. The van der Waals surface area contributed by atoms with E-state index in [0.29, 0.717) is 0 Å². The van der Waals surface area contributed by atoms with Crippen LogP contribution in [0.4, 0.5) is 17.6 Å². The first-order valence-corrected chi connectivity index (χ1v) is 5.52. The Morgan fingerprint density at radius 3 is 2.35 bits per heavy atom. The Kier molecular flexibility index (Phi) is 3.74. The molecule has 20 heavy (non-hydrogen) atoms. The predicted molar refractivity (Wildman–Crippen MR) is 62.8 cm³/mol. The lowest BCUT2D eigenvalue weighted by atomic mass is 10.2. The average molecular weight is 284 g/mol. The van der Waals surface area contributed by atoms with E-state index in [1.54, 1.807) is 0 Å². The molecular formula is C14H8F4O2. The first kappa shape index (κ1) is 14.0. The van der Waals surface area contributed by atoms with Crippen LogP contribution in [0.25, 0.3) is 0 Å². The summed E-state index contributed by atoms with van der Waals surface area (Å²) in [5.74, 6) is -2.35. The van der Waals surface area contributed by atoms with E-state index in [1.165, 1.54) is 24.3 Å². The second kappa shape index (κ2) is 5.32. The van der Waals surface area contributed by atoms with Crippen molar-refractivity contribution in [2.45, 2.75) is 6.18 Å². The summed E-state index contributed by atoms with van der Waals surface area (Å²) in [4.78, 5) is 11.7. The van der Waals surface area contributed by atoms with E-state index in [-0.39, 0.29) is 5.56 Å². The van der Waals surface area contributed by atoms with Crippen molar-refractivity contribution in [2.24, 2.45) is 0 Å². The van der Waals surface area contributed by atoms with E-state index in [2.05, 4.69) is 4.74 Å². The first-order chi connectivity index (χ1) is 9.38. The van der Waals surface area contributed by atoms with Crippen LogP contribution >= 0.6 is 0 Å². The standard InChI is InChI=1S/C14H8F4O2/c15-10-5-3-4-9(8-10)13(19)20-12-7-2-1-6-11(12)14(16,17)18/h1-8H. The summed E-state index contributed by atoms with van der Waals surface area (Å²) in [6.45, 7) is 0. The quantitative estimate of drug-likeness (QED) is 0.472. The van der Waals surface area contributed by atoms with Gasteiger partial charge in [-0.2, -0.15) is 13.2 Å². The number of para-hydroxylation sites is 1. The predicted octanol–water partition coefficient (Wildman–Crippen LogP) is 4.06. The molecule has 2 aromatic rings. The number of alkyl halides is 3. The molecule has 2 aromatic carbocycles. The normalized spacial score (nSPS) is 11.2. The molecule has 0 saturated carbocycles. The van der Waals surface area contributed by atoms with Crippen LogP contribution in [0.3, 0.4) is 0 Å². The number of carbonyl (C=O) groups excluding carboxylic acids is 1. The van der Waals surface area contributed by atoms with Crippen LogP contribution in [-0.4, -0.2) is 5.97 Å². The van der Waals surface area contributed by atoms with Gasteiger partial charge in [-0.3, -0.25) is 0 Å². The molecule has 0 bridgehead atoms. The Morgan fingerprint density at radius 2 is 1.70 bits per heavy atom. The van der Waals surface area contributed by atoms with Crippen molar-refractivity contribution >= 4 is 5.97 Å². The topological polar surface area (TPSA) is 26.3 Å². The van der Waals surface area contributed by atoms with Crippen molar-refractivity contribution in [2.75, 3.05) is 0 Å². The van der Waals surface area contributed by atoms with Gasteiger partial charge in [-0.15, -0.1) is 0 Å². The highest BCUT2D eigenvalue weighted by molar-refractivity contribution is 5.91. The van der Waals surface area contributed by atoms with Gasteiger partial charge in [-0.1, -0.05) is 18.2 Å².